The first-order valence-electron chi connectivity index (χ1n) is 15.3. The Balaban J connectivity index is 1.37. The summed E-state index contributed by atoms with van der Waals surface area (Å²) in [5, 5.41) is 25.4. The number of ether oxygens (including phenoxy) is 5. The molecule has 6 aliphatic rings. The molecular formula is C32H45NO8. The quantitative estimate of drug-likeness (QED) is 0.455. The largest absolute Gasteiger partial charge is 0.497 e. The van der Waals surface area contributed by atoms with Crippen molar-refractivity contribution in [2.24, 2.45) is 40.4 Å². The summed E-state index contributed by atoms with van der Waals surface area (Å²) in [6.07, 6.45) is 1.42. The molecule has 0 aromatic heterocycles. The van der Waals surface area contributed by atoms with E-state index in [1.54, 1.807) is 52.7 Å². The lowest BCUT2D eigenvalue weighted by Gasteiger charge is -2.69. The number of rotatable bonds is 8. The third-order valence-electron chi connectivity index (χ3n) is 12.7. The molecule has 226 valence electrons. The van der Waals surface area contributed by atoms with Crippen LogP contribution in [0.1, 0.15) is 43.0 Å². The molecule has 0 amide bonds. The molecule has 9 nitrogen and oxygen atoms in total. The Morgan fingerprint density at radius 1 is 1.10 bits per heavy atom. The monoisotopic (exact) mass is 571 g/mol. The molecule has 7 rings (SSSR count). The molecule has 1 aliphatic heterocycles. The molecule has 5 saturated carbocycles. The van der Waals surface area contributed by atoms with Gasteiger partial charge in [-0.15, -0.1) is 0 Å². The van der Waals surface area contributed by atoms with Gasteiger partial charge in [0.25, 0.3) is 0 Å². The highest BCUT2D eigenvalue weighted by Gasteiger charge is 2.86. The van der Waals surface area contributed by atoms with Crippen LogP contribution in [0.15, 0.2) is 24.3 Å². The zero-order valence-electron chi connectivity index (χ0n) is 24.8. The third kappa shape index (κ3) is 3.36. The minimum Gasteiger partial charge on any atom is -0.497 e. The molecule has 7 bridgehead atoms. The second-order valence-corrected chi connectivity index (χ2v) is 13.7. The van der Waals surface area contributed by atoms with E-state index in [1.807, 2.05) is 0 Å². The van der Waals surface area contributed by atoms with Crippen LogP contribution in [-0.2, 0) is 18.9 Å². The zero-order chi connectivity index (χ0) is 28.9. The summed E-state index contributed by atoms with van der Waals surface area (Å²) in [6, 6.07) is 6.91. The number of methoxy groups -OCH3 is 4. The van der Waals surface area contributed by atoms with Crippen LogP contribution in [0.3, 0.4) is 0 Å². The molecule has 6 fully saturated rings. The summed E-state index contributed by atoms with van der Waals surface area (Å²) >= 11 is 0. The number of hydrogen-bond donors (Lipinski definition) is 2. The lowest BCUT2D eigenvalue weighted by Crippen LogP contribution is -2.76. The van der Waals surface area contributed by atoms with E-state index in [9.17, 15) is 15.0 Å². The maximum atomic E-state index is 13.6. The summed E-state index contributed by atoms with van der Waals surface area (Å²) in [5.74, 6) is -0.558. The van der Waals surface area contributed by atoms with Crippen molar-refractivity contribution in [1.82, 2.24) is 4.90 Å². The van der Waals surface area contributed by atoms with Gasteiger partial charge in [0, 0.05) is 74.8 Å². The number of esters is 1. The van der Waals surface area contributed by atoms with Crippen LogP contribution in [0.2, 0.25) is 0 Å². The summed E-state index contributed by atoms with van der Waals surface area (Å²) in [5.41, 5.74) is -1.41. The molecule has 2 N–H and O–H groups in total. The average molecular weight is 572 g/mol. The van der Waals surface area contributed by atoms with Gasteiger partial charge in [-0.3, -0.25) is 4.90 Å². The Hall–Kier alpha value is -1.75. The van der Waals surface area contributed by atoms with Crippen LogP contribution in [0.5, 0.6) is 5.75 Å². The number of piperidine rings is 1. The van der Waals surface area contributed by atoms with Crippen molar-refractivity contribution in [1.29, 1.82) is 0 Å². The second kappa shape index (κ2) is 9.63. The normalized spacial score (nSPS) is 49.1. The molecule has 1 heterocycles. The van der Waals surface area contributed by atoms with Crippen molar-refractivity contribution in [3.8, 4) is 5.75 Å². The van der Waals surface area contributed by atoms with Crippen LogP contribution >= 0.6 is 0 Å². The predicted molar refractivity (Wildman–Crippen MR) is 148 cm³/mol. The van der Waals surface area contributed by atoms with E-state index in [1.165, 1.54) is 0 Å². The minimum atomic E-state index is -1.25. The van der Waals surface area contributed by atoms with E-state index in [2.05, 4.69) is 11.8 Å². The molecule has 5 aliphatic carbocycles. The second-order valence-electron chi connectivity index (χ2n) is 13.7. The molecule has 1 aromatic rings. The molecule has 9 heteroatoms. The van der Waals surface area contributed by atoms with Crippen LogP contribution in [0.4, 0.5) is 0 Å². The first-order chi connectivity index (χ1) is 19.7. The van der Waals surface area contributed by atoms with Crippen LogP contribution in [-0.4, -0.2) is 105 Å². The van der Waals surface area contributed by atoms with Gasteiger partial charge in [-0.1, -0.05) is 6.92 Å². The van der Waals surface area contributed by atoms with E-state index in [4.69, 9.17) is 23.7 Å². The van der Waals surface area contributed by atoms with Gasteiger partial charge in [-0.25, -0.2) is 4.79 Å². The Bertz CT molecular complexity index is 1180. The van der Waals surface area contributed by atoms with Crippen molar-refractivity contribution in [2.75, 3.05) is 48.1 Å². The van der Waals surface area contributed by atoms with Crippen molar-refractivity contribution in [3.05, 3.63) is 29.8 Å². The first kappa shape index (κ1) is 28.0. The van der Waals surface area contributed by atoms with Crippen LogP contribution in [0.25, 0.3) is 0 Å². The average Bonchev–Trinajstić information content (AvgIpc) is 3.40. The van der Waals surface area contributed by atoms with Gasteiger partial charge in [0.1, 0.15) is 11.9 Å². The highest BCUT2D eigenvalue weighted by molar-refractivity contribution is 5.89. The molecule has 1 saturated heterocycles. The lowest BCUT2D eigenvalue weighted by atomic mass is 9.43. The third-order valence-corrected chi connectivity index (χ3v) is 12.7. The lowest BCUT2D eigenvalue weighted by molar-refractivity contribution is -0.276. The standard InChI is InChI=1S/C32H45NO8/c1-6-33-15-30(16-37-2)12-11-22(40-5)32-20-13-19-21(39-4)14-31(36,24(28(32)33)25(34)27(30)32)23(20)26(19)41-29(35)17-7-9-18(38-3)10-8-17/h7-10,19-28,34,36H,6,11-16H2,1-5H3. The number of nitrogens with zero attached hydrogens (tertiary/aromatic N) is 1. The fraction of sp³-hybridized carbons (Fsp3) is 0.781. The van der Waals surface area contributed by atoms with Crippen molar-refractivity contribution in [2.45, 2.75) is 68.7 Å². The minimum absolute atomic E-state index is 0.00514. The number of hydrogen-bond acceptors (Lipinski definition) is 9. The van der Waals surface area contributed by atoms with Gasteiger partial charge >= 0.3 is 5.97 Å². The van der Waals surface area contributed by atoms with Gasteiger partial charge in [-0.2, -0.15) is 0 Å². The van der Waals surface area contributed by atoms with Gasteiger partial charge < -0.3 is 33.9 Å². The van der Waals surface area contributed by atoms with E-state index < -0.39 is 29.7 Å². The van der Waals surface area contributed by atoms with E-state index >= 15 is 0 Å². The smallest absolute Gasteiger partial charge is 0.338 e. The number of carbonyl (C=O) groups is 1. The number of likely N-dealkylation sites (tertiary alicyclic amines) is 1. The molecule has 13 atom stereocenters. The molecule has 13 unspecified atom stereocenters. The number of carbonyl (C=O) groups excluding carboxylic acids is 1. The number of benzene rings is 1. The summed E-state index contributed by atoms with van der Waals surface area (Å²) in [6.45, 7) is 4.42. The summed E-state index contributed by atoms with van der Waals surface area (Å²) in [4.78, 5) is 16.1. The van der Waals surface area contributed by atoms with E-state index in [-0.39, 0.29) is 52.8 Å². The summed E-state index contributed by atoms with van der Waals surface area (Å²) in [7, 11) is 6.83. The number of aliphatic hydroxyl groups excluding tert-OH is 1. The number of fused-ring (bicyclic) bond motifs is 2. The fourth-order valence-electron chi connectivity index (χ4n) is 11.8. The highest BCUT2D eigenvalue weighted by atomic mass is 16.6. The van der Waals surface area contributed by atoms with Gasteiger partial charge in [-0.05, 0) is 56.0 Å². The molecule has 41 heavy (non-hydrogen) atoms. The first-order valence-corrected chi connectivity index (χ1v) is 15.3. The molecule has 1 spiro atoms. The Morgan fingerprint density at radius 2 is 1.85 bits per heavy atom. The zero-order valence-corrected chi connectivity index (χ0v) is 24.8. The van der Waals surface area contributed by atoms with Gasteiger partial charge in [0.05, 0.1) is 43.2 Å². The van der Waals surface area contributed by atoms with Crippen molar-refractivity contribution < 1.29 is 38.7 Å². The van der Waals surface area contributed by atoms with E-state index in [0.717, 1.165) is 32.4 Å². The van der Waals surface area contributed by atoms with Gasteiger partial charge in [0.15, 0.2) is 0 Å². The van der Waals surface area contributed by atoms with E-state index in [0.29, 0.717) is 24.3 Å². The molecular weight excluding hydrogens is 526 g/mol. The van der Waals surface area contributed by atoms with Crippen molar-refractivity contribution >= 4 is 5.97 Å². The predicted octanol–water partition coefficient (Wildman–Crippen LogP) is 2.38. The SMILES string of the molecule is CCN1CC2(COC)CCC(OC)C34C5CC6C(OC)CC(O)(C5C6OC(=O)c5ccc(OC)cc5)C(C(O)C23)C14. The van der Waals surface area contributed by atoms with Crippen LogP contribution < -0.4 is 4.74 Å². The van der Waals surface area contributed by atoms with Crippen LogP contribution in [0, 0.1) is 40.4 Å². The maximum absolute atomic E-state index is 13.6. The Morgan fingerprint density at radius 3 is 2.49 bits per heavy atom. The topological polar surface area (TPSA) is 107 Å². The molecule has 1 aromatic carbocycles. The Labute approximate surface area is 242 Å². The number of aliphatic hydroxyl groups is 2. The Kier molecular flexibility index (Phi) is 6.59. The summed E-state index contributed by atoms with van der Waals surface area (Å²) < 4.78 is 30.0. The van der Waals surface area contributed by atoms with Crippen molar-refractivity contribution in [3.63, 3.8) is 0 Å². The molecule has 0 radical (unpaired) electrons. The highest BCUT2D eigenvalue weighted by Crippen LogP contribution is 2.79. The van der Waals surface area contributed by atoms with Gasteiger partial charge in [0.2, 0.25) is 0 Å². The maximum Gasteiger partial charge on any atom is 0.338 e. The fourth-order valence-corrected chi connectivity index (χ4v) is 11.8.